The van der Waals surface area contributed by atoms with Crippen LogP contribution in [0.5, 0.6) is 0 Å². The van der Waals surface area contributed by atoms with Crippen molar-refractivity contribution in [1.29, 1.82) is 0 Å². The summed E-state index contributed by atoms with van der Waals surface area (Å²) in [7, 11) is -3.93. The van der Waals surface area contributed by atoms with Crippen molar-refractivity contribution in [1.82, 2.24) is 4.72 Å². The van der Waals surface area contributed by atoms with Crippen LogP contribution in [0.25, 0.3) is 0 Å². The largest absolute Gasteiger partial charge is 0.274 e. The van der Waals surface area contributed by atoms with E-state index in [4.69, 9.17) is 18.0 Å². The number of hydrogen-bond donors (Lipinski definition) is 1. The highest BCUT2D eigenvalue weighted by molar-refractivity contribution is 7.90. The molecule has 0 aromatic heterocycles. The minimum Gasteiger partial charge on any atom is -0.274 e. The molecule has 6 heteroatoms. The molecule has 0 radical (unpaired) electrons. The van der Waals surface area contributed by atoms with E-state index in [0.717, 1.165) is 0 Å². The van der Waals surface area contributed by atoms with E-state index in [0.29, 0.717) is 18.4 Å². The summed E-state index contributed by atoms with van der Waals surface area (Å²) in [6.07, 6.45) is 5.99. The summed E-state index contributed by atoms with van der Waals surface area (Å²) in [5, 5.41) is 0.117. The molecule has 1 N–H and O–H groups in total. The fraction of sp³-hybridized carbons (Fsp3) is 0.308. The van der Waals surface area contributed by atoms with Crippen molar-refractivity contribution in [2.24, 2.45) is 0 Å². The molecule has 19 heavy (non-hydrogen) atoms. The molecule has 0 heterocycles. The number of carbonyl (C=O) groups excluding carboxylic acids is 1. The summed E-state index contributed by atoms with van der Waals surface area (Å²) < 4.78 is 26.0. The van der Waals surface area contributed by atoms with Crippen LogP contribution in [-0.2, 0) is 14.8 Å². The first-order valence-electron chi connectivity index (χ1n) is 5.62. The second kappa shape index (κ2) is 6.60. The third-order valence-electron chi connectivity index (χ3n) is 2.42. The quantitative estimate of drug-likeness (QED) is 0.670. The van der Waals surface area contributed by atoms with Gasteiger partial charge in [-0.05, 0) is 25.0 Å². The molecule has 1 amide bonds. The van der Waals surface area contributed by atoms with Gasteiger partial charge in [-0.15, -0.1) is 12.3 Å². The first kappa shape index (κ1) is 15.5. The van der Waals surface area contributed by atoms with Gasteiger partial charge >= 0.3 is 0 Å². The first-order valence-corrected chi connectivity index (χ1v) is 7.49. The zero-order valence-corrected chi connectivity index (χ0v) is 12.0. The fourth-order valence-corrected chi connectivity index (χ4v) is 3.03. The Bertz CT molecular complexity index is 617. The number of halogens is 1. The van der Waals surface area contributed by atoms with Crippen LogP contribution in [0, 0.1) is 19.3 Å². The lowest BCUT2D eigenvalue weighted by Crippen LogP contribution is -2.30. The van der Waals surface area contributed by atoms with Crippen LogP contribution >= 0.6 is 11.6 Å². The van der Waals surface area contributed by atoms with Gasteiger partial charge in [0.1, 0.15) is 4.90 Å². The summed E-state index contributed by atoms with van der Waals surface area (Å²) in [6, 6.07) is 4.61. The van der Waals surface area contributed by atoms with E-state index in [9.17, 15) is 13.2 Å². The average Bonchev–Trinajstić information content (AvgIpc) is 2.32. The highest BCUT2D eigenvalue weighted by Gasteiger charge is 2.20. The van der Waals surface area contributed by atoms with Crippen LogP contribution in [0.4, 0.5) is 0 Å². The van der Waals surface area contributed by atoms with Crippen LogP contribution in [-0.4, -0.2) is 14.3 Å². The number of benzene rings is 1. The second-order valence-electron chi connectivity index (χ2n) is 3.97. The Morgan fingerprint density at radius 3 is 2.79 bits per heavy atom. The maximum absolute atomic E-state index is 12.0. The van der Waals surface area contributed by atoms with Gasteiger partial charge in [0.05, 0.1) is 5.02 Å². The molecule has 0 unspecified atom stereocenters. The van der Waals surface area contributed by atoms with Crippen molar-refractivity contribution in [3.05, 3.63) is 28.8 Å². The zero-order chi connectivity index (χ0) is 14.5. The molecule has 0 bridgehead atoms. The lowest BCUT2D eigenvalue weighted by molar-refractivity contribution is -0.119. The topological polar surface area (TPSA) is 63.2 Å². The van der Waals surface area contributed by atoms with Crippen molar-refractivity contribution < 1.29 is 13.2 Å². The lowest BCUT2D eigenvalue weighted by Gasteiger charge is -2.09. The van der Waals surface area contributed by atoms with Gasteiger partial charge in [0.2, 0.25) is 5.91 Å². The zero-order valence-electron chi connectivity index (χ0n) is 10.4. The predicted octanol–water partition coefficient (Wildman–Crippen LogP) is 2.26. The number of sulfonamides is 1. The SMILES string of the molecule is C#CCCCC(=O)NS(=O)(=O)c1cccc(C)c1Cl. The first-order chi connectivity index (χ1) is 8.88. The summed E-state index contributed by atoms with van der Waals surface area (Å²) in [5.41, 5.74) is 0.629. The van der Waals surface area contributed by atoms with E-state index in [1.165, 1.54) is 6.07 Å². The van der Waals surface area contributed by atoms with E-state index in [2.05, 4.69) is 5.92 Å². The molecule has 0 aliphatic heterocycles. The summed E-state index contributed by atoms with van der Waals surface area (Å²) in [4.78, 5) is 11.4. The standard InChI is InChI=1S/C13H14ClNO3S/c1-3-4-5-9-12(16)15-19(17,18)11-8-6-7-10(2)13(11)14/h1,6-8H,4-5,9H2,2H3,(H,15,16). The Kier molecular flexibility index (Phi) is 5.40. The van der Waals surface area contributed by atoms with Gasteiger partial charge in [0.15, 0.2) is 0 Å². The van der Waals surface area contributed by atoms with Gasteiger partial charge in [-0.1, -0.05) is 23.7 Å². The van der Waals surface area contributed by atoms with E-state index in [1.807, 2.05) is 4.72 Å². The number of aryl methyl sites for hydroxylation is 1. The summed E-state index contributed by atoms with van der Waals surface area (Å²) in [5.74, 6) is 1.79. The lowest BCUT2D eigenvalue weighted by atomic mass is 10.2. The van der Waals surface area contributed by atoms with Crippen LogP contribution in [0.3, 0.4) is 0 Å². The molecule has 0 saturated heterocycles. The highest BCUT2D eigenvalue weighted by Crippen LogP contribution is 2.24. The maximum Gasteiger partial charge on any atom is 0.265 e. The van der Waals surface area contributed by atoms with E-state index >= 15 is 0 Å². The summed E-state index contributed by atoms with van der Waals surface area (Å²) >= 11 is 5.93. The maximum atomic E-state index is 12.0. The molecule has 102 valence electrons. The third-order valence-corrected chi connectivity index (χ3v) is 4.45. The monoisotopic (exact) mass is 299 g/mol. The molecule has 0 spiro atoms. The number of nitrogens with one attached hydrogen (secondary N) is 1. The van der Waals surface area contributed by atoms with Crippen LogP contribution < -0.4 is 4.72 Å². The van der Waals surface area contributed by atoms with Crippen LogP contribution in [0.1, 0.15) is 24.8 Å². The van der Waals surface area contributed by atoms with Gasteiger partial charge in [0, 0.05) is 12.8 Å². The molecule has 0 fully saturated rings. The second-order valence-corrected chi connectivity index (χ2v) is 6.00. The summed E-state index contributed by atoms with van der Waals surface area (Å²) in [6.45, 7) is 1.69. The number of carbonyl (C=O) groups is 1. The molecule has 0 atom stereocenters. The number of terminal acetylenes is 1. The van der Waals surface area contributed by atoms with Crippen molar-refractivity contribution in [3.63, 3.8) is 0 Å². The normalized spacial score (nSPS) is 10.8. The Hall–Kier alpha value is -1.51. The third kappa shape index (κ3) is 4.27. The molecule has 1 aromatic rings. The molecule has 1 rings (SSSR count). The molecular weight excluding hydrogens is 286 g/mol. The minimum absolute atomic E-state index is 0.0624. The average molecular weight is 300 g/mol. The van der Waals surface area contributed by atoms with Crippen molar-refractivity contribution in [3.8, 4) is 12.3 Å². The minimum atomic E-state index is -3.93. The molecule has 0 saturated carbocycles. The number of unbranched alkanes of at least 4 members (excludes halogenated alkanes) is 1. The Labute approximate surface area is 118 Å². The highest BCUT2D eigenvalue weighted by atomic mass is 35.5. The molecule has 0 aliphatic rings. The van der Waals surface area contributed by atoms with Gasteiger partial charge in [-0.3, -0.25) is 4.79 Å². The smallest absolute Gasteiger partial charge is 0.265 e. The fourth-order valence-electron chi connectivity index (χ4n) is 1.43. The molecule has 1 aromatic carbocycles. The van der Waals surface area contributed by atoms with Gasteiger partial charge in [-0.2, -0.15) is 0 Å². The van der Waals surface area contributed by atoms with Crippen molar-refractivity contribution in [2.75, 3.05) is 0 Å². The Morgan fingerprint density at radius 2 is 2.16 bits per heavy atom. The Morgan fingerprint density at radius 1 is 1.47 bits per heavy atom. The number of amides is 1. The van der Waals surface area contributed by atoms with Gasteiger partial charge in [0.25, 0.3) is 10.0 Å². The van der Waals surface area contributed by atoms with E-state index in [1.54, 1.807) is 19.1 Å². The van der Waals surface area contributed by atoms with Crippen LogP contribution in [0.2, 0.25) is 5.02 Å². The van der Waals surface area contributed by atoms with Crippen LogP contribution in [0.15, 0.2) is 23.1 Å². The Balaban J connectivity index is 2.85. The molecule has 0 aliphatic carbocycles. The van der Waals surface area contributed by atoms with Gasteiger partial charge in [-0.25, -0.2) is 13.1 Å². The van der Waals surface area contributed by atoms with E-state index in [-0.39, 0.29) is 16.3 Å². The van der Waals surface area contributed by atoms with Crippen molar-refractivity contribution >= 4 is 27.5 Å². The number of hydrogen-bond acceptors (Lipinski definition) is 3. The molecular formula is C13H14ClNO3S. The predicted molar refractivity (Wildman–Crippen MR) is 74.2 cm³/mol. The number of rotatable bonds is 5. The van der Waals surface area contributed by atoms with Crippen molar-refractivity contribution in [2.45, 2.75) is 31.1 Å². The molecule has 4 nitrogen and oxygen atoms in total. The van der Waals surface area contributed by atoms with E-state index < -0.39 is 15.9 Å². The van der Waals surface area contributed by atoms with Gasteiger partial charge < -0.3 is 0 Å².